The molecule has 102 valence electrons. The number of oxazole rings is 1. The van der Waals surface area contributed by atoms with Crippen molar-refractivity contribution in [2.45, 2.75) is 19.4 Å². The fourth-order valence-electron chi connectivity index (χ4n) is 2.37. The van der Waals surface area contributed by atoms with Gasteiger partial charge in [-0.25, -0.2) is 4.98 Å². The van der Waals surface area contributed by atoms with Crippen LogP contribution in [0.3, 0.4) is 0 Å². The van der Waals surface area contributed by atoms with Crippen LogP contribution in [0.4, 0.5) is 0 Å². The van der Waals surface area contributed by atoms with E-state index in [1.165, 1.54) is 11.1 Å². The Morgan fingerprint density at radius 1 is 1.10 bits per heavy atom. The van der Waals surface area contributed by atoms with Gasteiger partial charge in [0.25, 0.3) is 0 Å². The molecule has 3 rings (SSSR count). The van der Waals surface area contributed by atoms with Crippen LogP contribution in [-0.2, 0) is 6.42 Å². The Morgan fingerprint density at radius 2 is 1.85 bits per heavy atom. The first-order valence-corrected chi connectivity index (χ1v) is 6.84. The predicted molar refractivity (Wildman–Crippen MR) is 80.7 cm³/mol. The molecule has 3 aromatic rings. The summed E-state index contributed by atoms with van der Waals surface area (Å²) < 4.78 is 5.79. The number of nitrogens with one attached hydrogen (secondary N) is 1. The average molecular weight is 266 g/mol. The van der Waals surface area contributed by atoms with Gasteiger partial charge in [-0.05, 0) is 31.7 Å². The summed E-state index contributed by atoms with van der Waals surface area (Å²) in [5.74, 6) is 0.770. The van der Waals surface area contributed by atoms with Gasteiger partial charge in [-0.2, -0.15) is 0 Å². The molecule has 0 bridgehead atoms. The molecule has 0 aliphatic heterocycles. The monoisotopic (exact) mass is 266 g/mol. The summed E-state index contributed by atoms with van der Waals surface area (Å²) in [4.78, 5) is 4.54. The van der Waals surface area contributed by atoms with Crippen LogP contribution in [-0.4, -0.2) is 12.0 Å². The SMILES string of the molecule is CNC(Cc1nc2ccccc2o1)c1ccc(C)cc1. The molecule has 1 aromatic heterocycles. The number of hydrogen-bond donors (Lipinski definition) is 1. The van der Waals surface area contributed by atoms with Gasteiger partial charge in [0.2, 0.25) is 0 Å². The van der Waals surface area contributed by atoms with Crippen molar-refractivity contribution in [2.75, 3.05) is 7.05 Å². The summed E-state index contributed by atoms with van der Waals surface area (Å²) in [5.41, 5.74) is 4.29. The summed E-state index contributed by atoms with van der Waals surface area (Å²) in [7, 11) is 1.97. The van der Waals surface area contributed by atoms with Crippen LogP contribution < -0.4 is 5.32 Å². The standard InChI is InChI=1S/C17H18N2O/c1-12-7-9-13(10-8-12)15(18-2)11-17-19-14-5-3-4-6-16(14)20-17/h3-10,15,18H,11H2,1-2H3. The lowest BCUT2D eigenvalue weighted by molar-refractivity contribution is 0.474. The molecule has 0 fully saturated rings. The highest BCUT2D eigenvalue weighted by molar-refractivity contribution is 5.72. The van der Waals surface area contributed by atoms with Gasteiger partial charge in [0.1, 0.15) is 5.52 Å². The quantitative estimate of drug-likeness (QED) is 0.783. The van der Waals surface area contributed by atoms with Crippen molar-refractivity contribution in [3.05, 3.63) is 65.5 Å². The Hall–Kier alpha value is -2.13. The Kier molecular flexibility index (Phi) is 3.52. The Morgan fingerprint density at radius 3 is 2.55 bits per heavy atom. The zero-order valence-electron chi connectivity index (χ0n) is 11.8. The third-order valence-corrected chi connectivity index (χ3v) is 3.55. The topological polar surface area (TPSA) is 38.1 Å². The van der Waals surface area contributed by atoms with E-state index in [4.69, 9.17) is 4.42 Å². The second kappa shape index (κ2) is 5.47. The van der Waals surface area contributed by atoms with E-state index in [1.807, 2.05) is 31.3 Å². The zero-order chi connectivity index (χ0) is 13.9. The molecule has 0 aliphatic rings. The maximum absolute atomic E-state index is 5.79. The largest absolute Gasteiger partial charge is 0.441 e. The summed E-state index contributed by atoms with van der Waals surface area (Å²) in [5, 5.41) is 3.33. The number of nitrogens with zero attached hydrogens (tertiary/aromatic N) is 1. The number of fused-ring (bicyclic) bond motifs is 1. The number of benzene rings is 2. The minimum Gasteiger partial charge on any atom is -0.441 e. The fourth-order valence-corrected chi connectivity index (χ4v) is 2.37. The van der Waals surface area contributed by atoms with Crippen LogP contribution in [0.5, 0.6) is 0 Å². The van der Waals surface area contributed by atoms with E-state index in [0.717, 1.165) is 23.4 Å². The van der Waals surface area contributed by atoms with Crippen molar-refractivity contribution in [3.8, 4) is 0 Å². The molecule has 0 amide bonds. The summed E-state index contributed by atoms with van der Waals surface area (Å²) in [6.45, 7) is 2.10. The molecule has 3 nitrogen and oxygen atoms in total. The first-order chi connectivity index (χ1) is 9.76. The number of aromatic nitrogens is 1. The lowest BCUT2D eigenvalue weighted by Gasteiger charge is -2.14. The molecule has 1 atom stereocenters. The smallest absolute Gasteiger partial charge is 0.197 e. The number of likely N-dealkylation sites (N-methyl/N-ethyl adjacent to an activating group) is 1. The van der Waals surface area contributed by atoms with Crippen LogP contribution in [0, 0.1) is 6.92 Å². The lowest BCUT2D eigenvalue weighted by atomic mass is 10.0. The second-order valence-electron chi connectivity index (χ2n) is 5.03. The van der Waals surface area contributed by atoms with Crippen LogP contribution in [0.1, 0.15) is 23.1 Å². The second-order valence-corrected chi connectivity index (χ2v) is 5.03. The first-order valence-electron chi connectivity index (χ1n) is 6.84. The highest BCUT2D eigenvalue weighted by atomic mass is 16.3. The van der Waals surface area contributed by atoms with E-state index < -0.39 is 0 Å². The summed E-state index contributed by atoms with van der Waals surface area (Å²) in [6.07, 6.45) is 0.744. The lowest BCUT2D eigenvalue weighted by Crippen LogP contribution is -2.18. The minimum absolute atomic E-state index is 0.212. The van der Waals surface area contributed by atoms with Crippen molar-refractivity contribution in [1.29, 1.82) is 0 Å². The highest BCUT2D eigenvalue weighted by Gasteiger charge is 2.14. The minimum atomic E-state index is 0.212. The number of hydrogen-bond acceptors (Lipinski definition) is 3. The molecular formula is C17H18N2O. The van der Waals surface area contributed by atoms with Crippen molar-refractivity contribution in [1.82, 2.24) is 10.3 Å². The normalized spacial score (nSPS) is 12.7. The van der Waals surface area contributed by atoms with Gasteiger partial charge >= 0.3 is 0 Å². The molecule has 0 saturated carbocycles. The Balaban J connectivity index is 1.85. The van der Waals surface area contributed by atoms with E-state index in [1.54, 1.807) is 0 Å². The first kappa shape index (κ1) is 12.9. The van der Waals surface area contributed by atoms with E-state index in [-0.39, 0.29) is 6.04 Å². The van der Waals surface area contributed by atoms with Gasteiger partial charge in [-0.1, -0.05) is 42.0 Å². The van der Waals surface area contributed by atoms with E-state index in [2.05, 4.69) is 41.5 Å². The fraction of sp³-hybridized carbons (Fsp3) is 0.235. The maximum atomic E-state index is 5.79. The summed E-state index contributed by atoms with van der Waals surface area (Å²) >= 11 is 0. The summed E-state index contributed by atoms with van der Waals surface area (Å²) in [6, 6.07) is 16.6. The van der Waals surface area contributed by atoms with Crippen molar-refractivity contribution < 1.29 is 4.42 Å². The van der Waals surface area contributed by atoms with Crippen molar-refractivity contribution in [2.24, 2.45) is 0 Å². The number of rotatable bonds is 4. The average Bonchev–Trinajstić information content (AvgIpc) is 2.88. The van der Waals surface area contributed by atoms with E-state index >= 15 is 0 Å². The number of aryl methyl sites for hydroxylation is 1. The number of para-hydroxylation sites is 2. The highest BCUT2D eigenvalue weighted by Crippen LogP contribution is 2.21. The third-order valence-electron chi connectivity index (χ3n) is 3.55. The van der Waals surface area contributed by atoms with Gasteiger partial charge < -0.3 is 9.73 Å². The van der Waals surface area contributed by atoms with E-state index in [0.29, 0.717) is 0 Å². The molecule has 1 N–H and O–H groups in total. The van der Waals surface area contributed by atoms with Gasteiger partial charge in [0.05, 0.1) is 0 Å². The molecule has 0 spiro atoms. The molecule has 20 heavy (non-hydrogen) atoms. The van der Waals surface area contributed by atoms with Crippen molar-refractivity contribution >= 4 is 11.1 Å². The maximum Gasteiger partial charge on any atom is 0.197 e. The molecule has 1 heterocycles. The van der Waals surface area contributed by atoms with Crippen molar-refractivity contribution in [3.63, 3.8) is 0 Å². The van der Waals surface area contributed by atoms with Gasteiger partial charge in [0, 0.05) is 12.5 Å². The molecule has 0 saturated heterocycles. The molecule has 0 aliphatic carbocycles. The van der Waals surface area contributed by atoms with Crippen LogP contribution in [0.15, 0.2) is 52.9 Å². The van der Waals surface area contributed by atoms with Crippen LogP contribution >= 0.6 is 0 Å². The predicted octanol–water partition coefficient (Wildman–Crippen LogP) is 3.64. The van der Waals surface area contributed by atoms with Gasteiger partial charge in [-0.3, -0.25) is 0 Å². The molecule has 3 heteroatoms. The molecule has 0 radical (unpaired) electrons. The molecule has 2 aromatic carbocycles. The zero-order valence-corrected chi connectivity index (χ0v) is 11.8. The molecule has 1 unspecified atom stereocenters. The van der Waals surface area contributed by atoms with E-state index in [9.17, 15) is 0 Å². The molecular weight excluding hydrogens is 248 g/mol. The Bertz CT molecular complexity index is 667. The van der Waals surface area contributed by atoms with Crippen LogP contribution in [0.2, 0.25) is 0 Å². The van der Waals surface area contributed by atoms with Gasteiger partial charge in [-0.15, -0.1) is 0 Å². The van der Waals surface area contributed by atoms with Crippen LogP contribution in [0.25, 0.3) is 11.1 Å². The van der Waals surface area contributed by atoms with Gasteiger partial charge in [0.15, 0.2) is 11.5 Å². The third kappa shape index (κ3) is 2.58. The Labute approximate surface area is 118 Å².